The average Bonchev–Trinajstić information content (AvgIpc) is 2.89. The zero-order chi connectivity index (χ0) is 15.2. The van der Waals surface area contributed by atoms with Gasteiger partial charge in [-0.1, -0.05) is 0 Å². The van der Waals surface area contributed by atoms with Crippen molar-refractivity contribution in [2.24, 2.45) is 11.8 Å². The molecule has 0 radical (unpaired) electrons. The maximum atomic E-state index is 11.7. The normalized spacial score (nSPS) is 22.3. The minimum Gasteiger partial charge on any atom is -0.481 e. The van der Waals surface area contributed by atoms with Crippen molar-refractivity contribution in [3.05, 3.63) is 28.6 Å². The van der Waals surface area contributed by atoms with Crippen molar-refractivity contribution in [3.8, 4) is 0 Å². The van der Waals surface area contributed by atoms with Crippen LogP contribution in [0.3, 0.4) is 0 Å². The van der Waals surface area contributed by atoms with Crippen LogP contribution < -0.4 is 5.32 Å². The van der Waals surface area contributed by atoms with Crippen LogP contribution in [0.2, 0.25) is 0 Å². The van der Waals surface area contributed by atoms with Crippen LogP contribution in [-0.4, -0.2) is 23.5 Å². The molecule has 5 nitrogen and oxygen atoms in total. The standard InChI is InChI=1S/C15H18BrNO4/c16-13-7-5-12(21-13)6-8-14(18)17-9-10-1-3-11(4-2-10)15(19)20/h5-8,10-11H,1-4,9H2,(H,17,18)(H,19,20). The summed E-state index contributed by atoms with van der Waals surface area (Å²) in [6.07, 6.45) is 6.16. The second-order valence-corrected chi connectivity index (χ2v) is 6.06. The molecular weight excluding hydrogens is 338 g/mol. The summed E-state index contributed by atoms with van der Waals surface area (Å²) in [4.78, 5) is 22.6. The number of carboxylic acids is 1. The Hall–Kier alpha value is -1.56. The van der Waals surface area contributed by atoms with Crippen LogP contribution in [0.15, 0.2) is 27.3 Å². The number of aliphatic carboxylic acids is 1. The molecule has 0 aromatic carbocycles. The number of amides is 1. The Kier molecular flexibility index (Phi) is 5.61. The van der Waals surface area contributed by atoms with Gasteiger partial charge in [0.25, 0.3) is 0 Å². The Labute approximate surface area is 131 Å². The highest BCUT2D eigenvalue weighted by molar-refractivity contribution is 9.10. The third-order valence-corrected chi connectivity index (χ3v) is 4.18. The number of nitrogens with one attached hydrogen (secondary N) is 1. The molecule has 2 rings (SSSR count). The van der Waals surface area contributed by atoms with Gasteiger partial charge < -0.3 is 14.8 Å². The molecule has 21 heavy (non-hydrogen) atoms. The highest BCUT2D eigenvalue weighted by Gasteiger charge is 2.25. The molecule has 2 N–H and O–H groups in total. The SMILES string of the molecule is O=C(C=Cc1ccc(Br)o1)NCC1CCC(C(=O)O)CC1. The lowest BCUT2D eigenvalue weighted by Crippen LogP contribution is -2.31. The summed E-state index contributed by atoms with van der Waals surface area (Å²) in [5, 5.41) is 11.8. The van der Waals surface area contributed by atoms with Gasteiger partial charge in [0.15, 0.2) is 4.67 Å². The van der Waals surface area contributed by atoms with E-state index in [0.29, 0.717) is 35.7 Å². The Morgan fingerprint density at radius 3 is 2.62 bits per heavy atom. The second kappa shape index (κ2) is 7.45. The average molecular weight is 356 g/mol. The van der Waals surface area contributed by atoms with Crippen molar-refractivity contribution in [1.82, 2.24) is 5.32 Å². The molecule has 1 heterocycles. The molecular formula is C15H18BrNO4. The van der Waals surface area contributed by atoms with Gasteiger partial charge in [0.1, 0.15) is 5.76 Å². The van der Waals surface area contributed by atoms with Gasteiger partial charge in [0, 0.05) is 12.6 Å². The first-order valence-electron chi connectivity index (χ1n) is 6.98. The van der Waals surface area contributed by atoms with Crippen LogP contribution in [0.1, 0.15) is 31.4 Å². The fraction of sp³-hybridized carbons (Fsp3) is 0.467. The quantitative estimate of drug-likeness (QED) is 0.795. The number of carboxylic acid groups (broad SMARTS) is 1. The van der Waals surface area contributed by atoms with Gasteiger partial charge in [-0.25, -0.2) is 0 Å². The highest BCUT2D eigenvalue weighted by Crippen LogP contribution is 2.28. The number of halogens is 1. The Bertz CT molecular complexity index is 530. The van der Waals surface area contributed by atoms with Crippen LogP contribution in [0.25, 0.3) is 6.08 Å². The molecule has 1 saturated carbocycles. The summed E-state index contributed by atoms with van der Waals surface area (Å²) in [5.74, 6) is -0.100. The van der Waals surface area contributed by atoms with Gasteiger partial charge in [-0.05, 0) is 65.7 Å². The van der Waals surface area contributed by atoms with Gasteiger partial charge in [-0.15, -0.1) is 0 Å². The van der Waals surface area contributed by atoms with Crippen molar-refractivity contribution >= 4 is 33.9 Å². The molecule has 0 atom stereocenters. The first-order valence-corrected chi connectivity index (χ1v) is 7.78. The van der Waals surface area contributed by atoms with E-state index < -0.39 is 5.97 Å². The molecule has 1 fully saturated rings. The second-order valence-electron chi connectivity index (χ2n) is 5.28. The number of hydrogen-bond acceptors (Lipinski definition) is 3. The molecule has 1 aromatic rings. The first kappa shape index (κ1) is 15.8. The van der Waals surface area contributed by atoms with E-state index in [1.807, 2.05) is 0 Å². The summed E-state index contributed by atoms with van der Waals surface area (Å²) in [5.41, 5.74) is 0. The van der Waals surface area contributed by atoms with Gasteiger partial charge in [-0.2, -0.15) is 0 Å². The Balaban J connectivity index is 1.70. The van der Waals surface area contributed by atoms with Crippen LogP contribution in [-0.2, 0) is 9.59 Å². The fourth-order valence-electron chi connectivity index (χ4n) is 2.49. The first-order chi connectivity index (χ1) is 10.0. The number of carbonyl (C=O) groups excluding carboxylic acids is 1. The van der Waals surface area contributed by atoms with E-state index in [9.17, 15) is 9.59 Å². The fourth-order valence-corrected chi connectivity index (χ4v) is 2.81. The van der Waals surface area contributed by atoms with Crippen molar-refractivity contribution in [2.45, 2.75) is 25.7 Å². The Morgan fingerprint density at radius 2 is 2.05 bits per heavy atom. The lowest BCUT2D eigenvalue weighted by atomic mass is 9.82. The number of carbonyl (C=O) groups is 2. The number of rotatable bonds is 5. The molecule has 1 aromatic heterocycles. The predicted molar refractivity (Wildman–Crippen MR) is 81.5 cm³/mol. The third kappa shape index (κ3) is 5.04. The third-order valence-electron chi connectivity index (χ3n) is 3.75. The maximum Gasteiger partial charge on any atom is 0.306 e. The summed E-state index contributed by atoms with van der Waals surface area (Å²) < 4.78 is 5.88. The molecule has 6 heteroatoms. The van der Waals surface area contributed by atoms with Crippen molar-refractivity contribution in [2.75, 3.05) is 6.54 Å². The van der Waals surface area contributed by atoms with Crippen molar-refractivity contribution in [1.29, 1.82) is 0 Å². The molecule has 0 saturated heterocycles. The summed E-state index contributed by atoms with van der Waals surface area (Å²) in [7, 11) is 0. The highest BCUT2D eigenvalue weighted by atomic mass is 79.9. The minimum atomic E-state index is -0.704. The van der Waals surface area contributed by atoms with E-state index in [-0.39, 0.29) is 11.8 Å². The summed E-state index contributed by atoms with van der Waals surface area (Å²) in [6, 6.07) is 3.53. The van der Waals surface area contributed by atoms with Crippen LogP contribution >= 0.6 is 15.9 Å². The van der Waals surface area contributed by atoms with Gasteiger partial charge in [0.05, 0.1) is 5.92 Å². The van der Waals surface area contributed by atoms with Crippen LogP contribution in [0.5, 0.6) is 0 Å². The van der Waals surface area contributed by atoms with Crippen molar-refractivity contribution < 1.29 is 19.1 Å². The topological polar surface area (TPSA) is 79.5 Å². The monoisotopic (exact) mass is 355 g/mol. The van der Waals surface area contributed by atoms with Gasteiger partial charge in [-0.3, -0.25) is 9.59 Å². The molecule has 1 amide bonds. The van der Waals surface area contributed by atoms with Crippen LogP contribution in [0.4, 0.5) is 0 Å². The van der Waals surface area contributed by atoms with Crippen molar-refractivity contribution in [3.63, 3.8) is 0 Å². The lowest BCUT2D eigenvalue weighted by Gasteiger charge is -2.25. The molecule has 0 unspecified atom stereocenters. The molecule has 0 aliphatic heterocycles. The predicted octanol–water partition coefficient (Wildman–Crippen LogP) is 3.06. The van der Waals surface area contributed by atoms with Gasteiger partial charge in [0.2, 0.25) is 5.91 Å². The molecule has 0 spiro atoms. The van der Waals surface area contributed by atoms with E-state index in [1.165, 1.54) is 6.08 Å². The van der Waals surface area contributed by atoms with E-state index in [1.54, 1.807) is 18.2 Å². The number of hydrogen-bond donors (Lipinski definition) is 2. The zero-order valence-corrected chi connectivity index (χ0v) is 13.1. The molecule has 1 aliphatic rings. The van der Waals surface area contributed by atoms with Crippen LogP contribution in [0, 0.1) is 11.8 Å². The van der Waals surface area contributed by atoms with E-state index in [0.717, 1.165) is 12.8 Å². The van der Waals surface area contributed by atoms with E-state index in [4.69, 9.17) is 9.52 Å². The smallest absolute Gasteiger partial charge is 0.306 e. The van der Waals surface area contributed by atoms with E-state index in [2.05, 4.69) is 21.2 Å². The molecule has 114 valence electrons. The summed E-state index contributed by atoms with van der Waals surface area (Å²) in [6.45, 7) is 0.595. The number of furan rings is 1. The lowest BCUT2D eigenvalue weighted by molar-refractivity contribution is -0.143. The molecule has 0 bridgehead atoms. The van der Waals surface area contributed by atoms with Gasteiger partial charge >= 0.3 is 5.97 Å². The maximum absolute atomic E-state index is 11.7. The summed E-state index contributed by atoms with van der Waals surface area (Å²) >= 11 is 3.19. The minimum absolute atomic E-state index is 0.164. The largest absolute Gasteiger partial charge is 0.481 e. The molecule has 1 aliphatic carbocycles. The zero-order valence-electron chi connectivity index (χ0n) is 11.5. The Morgan fingerprint density at radius 1 is 1.33 bits per heavy atom. The van der Waals surface area contributed by atoms with E-state index >= 15 is 0 Å².